The van der Waals surface area contributed by atoms with E-state index in [1.54, 1.807) is 0 Å². The summed E-state index contributed by atoms with van der Waals surface area (Å²) in [7, 11) is 1.37. The van der Waals surface area contributed by atoms with E-state index in [1.807, 2.05) is 0 Å². The Bertz CT molecular complexity index is 241. The van der Waals surface area contributed by atoms with Crippen molar-refractivity contribution in [3.8, 4) is 0 Å². The van der Waals surface area contributed by atoms with Crippen molar-refractivity contribution >= 4 is 5.91 Å². The van der Waals surface area contributed by atoms with E-state index in [4.69, 9.17) is 9.84 Å². The summed E-state index contributed by atoms with van der Waals surface area (Å²) in [5.41, 5.74) is 0. The van der Waals surface area contributed by atoms with Gasteiger partial charge in [-0.25, -0.2) is 4.98 Å². The largest absolute Gasteiger partial charge is 0.393 e. The van der Waals surface area contributed by atoms with Crippen molar-refractivity contribution in [1.29, 1.82) is 0 Å². The molecule has 1 atom stereocenters. The van der Waals surface area contributed by atoms with Crippen molar-refractivity contribution in [1.82, 2.24) is 9.55 Å². The third-order valence-corrected chi connectivity index (χ3v) is 1.48. The molecule has 0 aliphatic rings. The molecule has 1 aromatic heterocycles. The molecule has 0 spiro atoms. The minimum absolute atomic E-state index is 0.322. The molecule has 1 unspecified atom stereocenters. The van der Waals surface area contributed by atoms with E-state index >= 15 is 0 Å². The van der Waals surface area contributed by atoms with E-state index in [0.29, 0.717) is 0 Å². The number of ether oxygens (including phenoxy) is 1. The molecule has 0 bridgehead atoms. The molecule has 1 N–H and O–H groups in total. The molecule has 0 aromatic carbocycles. The quantitative estimate of drug-likeness (QED) is 0.666. The Labute approximate surface area is 69.6 Å². The van der Waals surface area contributed by atoms with Crippen LogP contribution < -0.4 is 0 Å². The van der Waals surface area contributed by atoms with E-state index in [0.717, 1.165) is 0 Å². The summed E-state index contributed by atoms with van der Waals surface area (Å²) in [5.74, 6) is -0.322. The molecule has 0 amide bonds. The molecule has 5 nitrogen and oxygen atoms in total. The first-order valence-electron chi connectivity index (χ1n) is 3.45. The number of aliphatic hydroxyl groups excluding tert-OH is 1. The van der Waals surface area contributed by atoms with E-state index in [2.05, 4.69) is 4.98 Å². The number of rotatable bonds is 3. The Balaban J connectivity index is 2.70. The standard InChI is InChI=1S/C7H10N2O3/c1-12-6(4-10)7(11)9-3-2-8-5-9/h2-3,5-6,10H,4H2,1H3. The summed E-state index contributed by atoms with van der Waals surface area (Å²) in [6.07, 6.45) is 3.55. The second-order valence-electron chi connectivity index (χ2n) is 2.22. The van der Waals surface area contributed by atoms with Gasteiger partial charge >= 0.3 is 0 Å². The van der Waals surface area contributed by atoms with Gasteiger partial charge in [-0.2, -0.15) is 0 Å². The van der Waals surface area contributed by atoms with Crippen LogP contribution in [0.2, 0.25) is 0 Å². The molecular formula is C7H10N2O3. The highest BCUT2D eigenvalue weighted by atomic mass is 16.5. The fraction of sp³-hybridized carbons (Fsp3) is 0.429. The Morgan fingerprint density at radius 3 is 3.00 bits per heavy atom. The Kier molecular flexibility index (Phi) is 2.95. The maximum absolute atomic E-state index is 11.3. The number of hydrogen-bond donors (Lipinski definition) is 1. The van der Waals surface area contributed by atoms with Gasteiger partial charge < -0.3 is 9.84 Å². The number of carbonyl (C=O) groups excluding carboxylic acids is 1. The van der Waals surface area contributed by atoms with Crippen LogP contribution in [0.4, 0.5) is 0 Å². The molecular weight excluding hydrogens is 160 g/mol. The minimum atomic E-state index is -0.806. The lowest BCUT2D eigenvalue weighted by Gasteiger charge is -2.10. The van der Waals surface area contributed by atoms with Crippen molar-refractivity contribution in [3.05, 3.63) is 18.7 Å². The average Bonchev–Trinajstić information content (AvgIpc) is 2.58. The van der Waals surface area contributed by atoms with Gasteiger partial charge in [0.1, 0.15) is 6.33 Å². The first kappa shape index (κ1) is 8.89. The van der Waals surface area contributed by atoms with Crippen LogP contribution in [0.3, 0.4) is 0 Å². The maximum atomic E-state index is 11.3. The topological polar surface area (TPSA) is 64.3 Å². The van der Waals surface area contributed by atoms with Crippen LogP contribution >= 0.6 is 0 Å². The summed E-state index contributed by atoms with van der Waals surface area (Å²) in [4.78, 5) is 15.0. The van der Waals surface area contributed by atoms with Crippen molar-refractivity contribution in [2.75, 3.05) is 13.7 Å². The molecule has 0 fully saturated rings. The fourth-order valence-electron chi connectivity index (χ4n) is 0.809. The zero-order chi connectivity index (χ0) is 8.97. The van der Waals surface area contributed by atoms with Crippen LogP contribution in [0.5, 0.6) is 0 Å². The van der Waals surface area contributed by atoms with E-state index in [-0.39, 0.29) is 12.5 Å². The lowest BCUT2D eigenvalue weighted by Crippen LogP contribution is -2.30. The van der Waals surface area contributed by atoms with Gasteiger partial charge in [0.15, 0.2) is 6.10 Å². The molecule has 12 heavy (non-hydrogen) atoms. The van der Waals surface area contributed by atoms with Crippen LogP contribution in [0.15, 0.2) is 18.7 Å². The predicted octanol–water partition coefficient (Wildman–Crippen LogP) is -0.469. The van der Waals surface area contributed by atoms with Gasteiger partial charge in [0.05, 0.1) is 6.61 Å². The Hall–Kier alpha value is -1.20. The highest BCUT2D eigenvalue weighted by Crippen LogP contribution is 1.95. The number of aromatic nitrogens is 2. The van der Waals surface area contributed by atoms with Crippen LogP contribution in [0.1, 0.15) is 4.79 Å². The third kappa shape index (κ3) is 1.69. The monoisotopic (exact) mass is 170 g/mol. The van der Waals surface area contributed by atoms with Gasteiger partial charge in [-0.3, -0.25) is 9.36 Å². The number of carbonyl (C=O) groups is 1. The molecule has 1 aromatic rings. The summed E-state index contributed by atoms with van der Waals surface area (Å²) < 4.78 is 6.01. The van der Waals surface area contributed by atoms with Crippen molar-refractivity contribution < 1.29 is 14.6 Å². The second kappa shape index (κ2) is 3.99. The first-order valence-corrected chi connectivity index (χ1v) is 3.45. The van der Waals surface area contributed by atoms with Gasteiger partial charge in [0.2, 0.25) is 0 Å². The summed E-state index contributed by atoms with van der Waals surface area (Å²) in [6.45, 7) is -0.326. The van der Waals surface area contributed by atoms with Crippen molar-refractivity contribution in [3.63, 3.8) is 0 Å². The molecule has 1 heterocycles. The van der Waals surface area contributed by atoms with Gasteiger partial charge in [-0.15, -0.1) is 0 Å². The van der Waals surface area contributed by atoms with Crippen LogP contribution in [0, 0.1) is 0 Å². The fourth-order valence-corrected chi connectivity index (χ4v) is 0.809. The minimum Gasteiger partial charge on any atom is -0.393 e. The van der Waals surface area contributed by atoms with Crippen LogP contribution in [-0.4, -0.2) is 40.4 Å². The number of methoxy groups -OCH3 is 1. The highest BCUT2D eigenvalue weighted by molar-refractivity contribution is 5.83. The van der Waals surface area contributed by atoms with Crippen molar-refractivity contribution in [2.45, 2.75) is 6.10 Å². The van der Waals surface area contributed by atoms with E-state index in [9.17, 15) is 4.79 Å². The summed E-state index contributed by atoms with van der Waals surface area (Å²) in [6, 6.07) is 0. The van der Waals surface area contributed by atoms with E-state index < -0.39 is 6.10 Å². The highest BCUT2D eigenvalue weighted by Gasteiger charge is 2.17. The molecule has 0 aliphatic heterocycles. The zero-order valence-corrected chi connectivity index (χ0v) is 6.67. The number of imidazole rings is 1. The molecule has 0 radical (unpaired) electrons. The molecule has 5 heteroatoms. The molecule has 0 aliphatic carbocycles. The van der Waals surface area contributed by atoms with Gasteiger partial charge in [-0.1, -0.05) is 0 Å². The average molecular weight is 170 g/mol. The van der Waals surface area contributed by atoms with Gasteiger partial charge in [0.25, 0.3) is 5.91 Å². The van der Waals surface area contributed by atoms with Gasteiger partial charge in [-0.05, 0) is 0 Å². The zero-order valence-electron chi connectivity index (χ0n) is 6.67. The SMILES string of the molecule is COC(CO)C(=O)n1ccnc1. The number of hydrogen-bond acceptors (Lipinski definition) is 4. The normalized spacial score (nSPS) is 12.8. The van der Waals surface area contributed by atoms with Crippen LogP contribution in [0.25, 0.3) is 0 Å². The smallest absolute Gasteiger partial charge is 0.263 e. The third-order valence-electron chi connectivity index (χ3n) is 1.48. The Morgan fingerprint density at radius 2 is 2.58 bits per heavy atom. The van der Waals surface area contributed by atoms with Gasteiger partial charge in [0, 0.05) is 19.5 Å². The first-order chi connectivity index (χ1) is 5.79. The van der Waals surface area contributed by atoms with Crippen LogP contribution in [-0.2, 0) is 4.74 Å². The summed E-state index contributed by atoms with van der Waals surface area (Å²) in [5, 5.41) is 8.72. The molecule has 1 rings (SSSR count). The predicted molar refractivity (Wildman–Crippen MR) is 40.7 cm³/mol. The van der Waals surface area contributed by atoms with E-state index in [1.165, 1.54) is 30.4 Å². The number of aliphatic hydroxyl groups is 1. The summed E-state index contributed by atoms with van der Waals surface area (Å²) >= 11 is 0. The maximum Gasteiger partial charge on any atom is 0.263 e. The number of nitrogens with zero attached hydrogens (tertiary/aromatic N) is 2. The lowest BCUT2D eigenvalue weighted by atomic mass is 10.3. The second-order valence-corrected chi connectivity index (χ2v) is 2.22. The molecule has 66 valence electrons. The lowest BCUT2D eigenvalue weighted by molar-refractivity contribution is 0.0312. The van der Waals surface area contributed by atoms with Crippen molar-refractivity contribution in [2.24, 2.45) is 0 Å². The molecule has 0 saturated carbocycles. The Morgan fingerprint density at radius 1 is 1.83 bits per heavy atom. The molecule has 0 saturated heterocycles.